The SMILES string of the molecule is CNC1CCCC(S)C1. The van der Waals surface area contributed by atoms with Crippen LogP contribution in [-0.2, 0) is 0 Å². The summed E-state index contributed by atoms with van der Waals surface area (Å²) < 4.78 is 0. The fraction of sp³-hybridized carbons (Fsp3) is 1.00. The minimum atomic E-state index is 0.649. The Hall–Kier alpha value is 0.310. The van der Waals surface area contributed by atoms with Crippen molar-refractivity contribution in [1.82, 2.24) is 5.32 Å². The Balaban J connectivity index is 2.23. The van der Waals surface area contributed by atoms with Crippen molar-refractivity contribution in [3.63, 3.8) is 0 Å². The van der Waals surface area contributed by atoms with Crippen LogP contribution in [0, 0.1) is 0 Å². The smallest absolute Gasteiger partial charge is 0.00745 e. The Kier molecular flexibility index (Phi) is 2.86. The van der Waals surface area contributed by atoms with Crippen LogP contribution in [0.1, 0.15) is 25.7 Å². The summed E-state index contributed by atoms with van der Waals surface area (Å²) in [5.41, 5.74) is 0. The number of hydrogen-bond acceptors (Lipinski definition) is 2. The maximum absolute atomic E-state index is 4.43. The van der Waals surface area contributed by atoms with Crippen molar-refractivity contribution < 1.29 is 0 Å². The summed E-state index contributed by atoms with van der Waals surface area (Å²) in [5.74, 6) is 0. The van der Waals surface area contributed by atoms with Gasteiger partial charge in [-0.3, -0.25) is 0 Å². The summed E-state index contributed by atoms with van der Waals surface area (Å²) in [6, 6.07) is 0.737. The maximum atomic E-state index is 4.43. The van der Waals surface area contributed by atoms with Gasteiger partial charge in [0, 0.05) is 11.3 Å². The molecule has 2 heteroatoms. The highest BCUT2D eigenvalue weighted by molar-refractivity contribution is 7.80. The molecule has 0 aromatic rings. The largest absolute Gasteiger partial charge is 0.317 e. The lowest BCUT2D eigenvalue weighted by atomic mass is 9.95. The van der Waals surface area contributed by atoms with Crippen LogP contribution in [0.15, 0.2) is 0 Å². The van der Waals surface area contributed by atoms with Crippen molar-refractivity contribution in [3.05, 3.63) is 0 Å². The normalized spacial score (nSPS) is 36.7. The summed E-state index contributed by atoms with van der Waals surface area (Å²) in [7, 11) is 2.04. The second-order valence-electron chi connectivity index (χ2n) is 2.81. The van der Waals surface area contributed by atoms with Gasteiger partial charge in [0.15, 0.2) is 0 Å². The van der Waals surface area contributed by atoms with Crippen molar-refractivity contribution >= 4 is 12.6 Å². The second kappa shape index (κ2) is 3.47. The van der Waals surface area contributed by atoms with E-state index in [9.17, 15) is 0 Å². The van der Waals surface area contributed by atoms with Crippen molar-refractivity contribution in [1.29, 1.82) is 0 Å². The van der Waals surface area contributed by atoms with Crippen molar-refractivity contribution in [3.8, 4) is 0 Å². The molecule has 0 heterocycles. The third-order valence-electron chi connectivity index (χ3n) is 2.05. The molecule has 1 fully saturated rings. The molecule has 1 nitrogen and oxygen atoms in total. The summed E-state index contributed by atoms with van der Waals surface area (Å²) in [6.07, 6.45) is 5.24. The summed E-state index contributed by atoms with van der Waals surface area (Å²) in [4.78, 5) is 0. The lowest BCUT2D eigenvalue weighted by Gasteiger charge is -2.25. The van der Waals surface area contributed by atoms with E-state index >= 15 is 0 Å². The molecule has 0 aromatic carbocycles. The molecule has 0 radical (unpaired) electrons. The molecular formula is C7H15NS. The first-order valence-corrected chi connectivity index (χ1v) is 4.20. The first-order chi connectivity index (χ1) is 4.33. The molecule has 0 aromatic heterocycles. The molecule has 9 heavy (non-hydrogen) atoms. The third kappa shape index (κ3) is 2.18. The zero-order chi connectivity index (χ0) is 6.69. The van der Waals surface area contributed by atoms with Gasteiger partial charge in [-0.1, -0.05) is 6.42 Å². The van der Waals surface area contributed by atoms with E-state index in [4.69, 9.17) is 0 Å². The van der Waals surface area contributed by atoms with E-state index in [1.807, 2.05) is 7.05 Å². The maximum Gasteiger partial charge on any atom is 0.00745 e. The van der Waals surface area contributed by atoms with Crippen LogP contribution in [0.4, 0.5) is 0 Å². The lowest BCUT2D eigenvalue weighted by Crippen LogP contribution is -2.31. The molecule has 2 unspecified atom stereocenters. The van der Waals surface area contributed by atoms with E-state index in [-0.39, 0.29) is 0 Å². The Morgan fingerprint density at radius 2 is 2.22 bits per heavy atom. The fourth-order valence-corrected chi connectivity index (χ4v) is 1.86. The predicted octanol–water partition coefficient (Wildman–Crippen LogP) is 1.45. The van der Waals surface area contributed by atoms with Gasteiger partial charge in [0.05, 0.1) is 0 Å². The minimum absolute atomic E-state index is 0.649. The standard InChI is InChI=1S/C7H15NS/c1-8-6-3-2-4-7(9)5-6/h6-9H,2-5H2,1H3. The highest BCUT2D eigenvalue weighted by Gasteiger charge is 2.16. The van der Waals surface area contributed by atoms with Gasteiger partial charge >= 0.3 is 0 Å². The van der Waals surface area contributed by atoms with Crippen molar-refractivity contribution in [2.24, 2.45) is 0 Å². The van der Waals surface area contributed by atoms with Crippen LogP contribution >= 0.6 is 12.6 Å². The number of hydrogen-bond donors (Lipinski definition) is 2. The average molecular weight is 145 g/mol. The van der Waals surface area contributed by atoms with Crippen LogP contribution in [-0.4, -0.2) is 18.3 Å². The van der Waals surface area contributed by atoms with E-state index in [2.05, 4.69) is 17.9 Å². The Labute approximate surface area is 62.6 Å². The fourth-order valence-electron chi connectivity index (χ4n) is 1.43. The predicted molar refractivity (Wildman–Crippen MR) is 44.1 cm³/mol. The van der Waals surface area contributed by atoms with Crippen molar-refractivity contribution in [2.75, 3.05) is 7.05 Å². The second-order valence-corrected chi connectivity index (χ2v) is 3.54. The Morgan fingerprint density at radius 1 is 1.44 bits per heavy atom. The molecule has 0 amide bonds. The van der Waals surface area contributed by atoms with Crippen LogP contribution in [0.5, 0.6) is 0 Å². The molecule has 0 spiro atoms. The van der Waals surface area contributed by atoms with E-state index in [1.165, 1.54) is 25.7 Å². The number of thiol groups is 1. The van der Waals surface area contributed by atoms with Crippen LogP contribution in [0.3, 0.4) is 0 Å². The van der Waals surface area contributed by atoms with Crippen LogP contribution in [0.2, 0.25) is 0 Å². The molecule has 1 aliphatic rings. The molecule has 0 aliphatic heterocycles. The Morgan fingerprint density at radius 3 is 2.67 bits per heavy atom. The molecule has 0 saturated heterocycles. The van der Waals surface area contributed by atoms with Gasteiger partial charge in [0.2, 0.25) is 0 Å². The van der Waals surface area contributed by atoms with Crippen molar-refractivity contribution in [2.45, 2.75) is 37.0 Å². The number of rotatable bonds is 1. The average Bonchev–Trinajstić information content (AvgIpc) is 1.88. The van der Waals surface area contributed by atoms with E-state index in [1.54, 1.807) is 0 Å². The molecule has 0 bridgehead atoms. The van der Waals surface area contributed by atoms with E-state index < -0.39 is 0 Å². The zero-order valence-corrected chi connectivity index (χ0v) is 6.82. The zero-order valence-electron chi connectivity index (χ0n) is 5.93. The summed E-state index contributed by atoms with van der Waals surface area (Å²) >= 11 is 4.43. The minimum Gasteiger partial charge on any atom is -0.317 e. The van der Waals surface area contributed by atoms with Gasteiger partial charge in [0.25, 0.3) is 0 Å². The van der Waals surface area contributed by atoms with Gasteiger partial charge < -0.3 is 5.32 Å². The first-order valence-electron chi connectivity index (χ1n) is 3.68. The molecule has 2 atom stereocenters. The summed E-state index contributed by atoms with van der Waals surface area (Å²) in [5, 5.41) is 3.93. The molecule has 1 rings (SSSR count). The van der Waals surface area contributed by atoms with Gasteiger partial charge in [-0.05, 0) is 26.3 Å². The van der Waals surface area contributed by atoms with Crippen LogP contribution < -0.4 is 5.32 Å². The molecule has 1 aliphatic carbocycles. The molecule has 1 saturated carbocycles. The summed E-state index contributed by atoms with van der Waals surface area (Å²) in [6.45, 7) is 0. The topological polar surface area (TPSA) is 12.0 Å². The quantitative estimate of drug-likeness (QED) is 0.532. The van der Waals surface area contributed by atoms with Crippen LogP contribution in [0.25, 0.3) is 0 Å². The van der Waals surface area contributed by atoms with E-state index in [0.29, 0.717) is 5.25 Å². The molecule has 1 N–H and O–H groups in total. The lowest BCUT2D eigenvalue weighted by molar-refractivity contribution is 0.404. The first kappa shape index (κ1) is 7.42. The van der Waals surface area contributed by atoms with Gasteiger partial charge in [-0.2, -0.15) is 12.6 Å². The van der Waals surface area contributed by atoms with E-state index in [0.717, 1.165) is 6.04 Å². The Bertz CT molecular complexity index is 85.0. The highest BCUT2D eigenvalue weighted by atomic mass is 32.1. The third-order valence-corrected chi connectivity index (χ3v) is 2.52. The monoisotopic (exact) mass is 145 g/mol. The van der Waals surface area contributed by atoms with Gasteiger partial charge in [-0.15, -0.1) is 0 Å². The van der Waals surface area contributed by atoms with Gasteiger partial charge in [-0.25, -0.2) is 0 Å². The number of nitrogens with one attached hydrogen (secondary N) is 1. The van der Waals surface area contributed by atoms with Gasteiger partial charge in [0.1, 0.15) is 0 Å². The highest BCUT2D eigenvalue weighted by Crippen LogP contribution is 2.21. The molecular weight excluding hydrogens is 130 g/mol. The molecule has 54 valence electrons.